The number of aryl methyl sites for hydroxylation is 1. The van der Waals surface area contributed by atoms with Gasteiger partial charge in [-0.05, 0) is 42.8 Å². The van der Waals surface area contributed by atoms with E-state index >= 15 is 0 Å². The van der Waals surface area contributed by atoms with Crippen molar-refractivity contribution in [3.05, 3.63) is 71.3 Å². The van der Waals surface area contributed by atoms with E-state index in [-0.39, 0.29) is 6.61 Å². The SMILES string of the molecule is [C-]#[N+]c1cc2nc(-c3cccnc3N)n(-c3ccc(CO)cc3)c2nc1C. The van der Waals surface area contributed by atoms with Crippen LogP contribution in [0.4, 0.5) is 11.5 Å². The summed E-state index contributed by atoms with van der Waals surface area (Å²) in [6, 6.07) is 12.9. The second-order valence-corrected chi connectivity index (χ2v) is 6.08. The number of pyridine rings is 2. The van der Waals surface area contributed by atoms with Crippen molar-refractivity contribution in [3.63, 3.8) is 0 Å². The van der Waals surface area contributed by atoms with Gasteiger partial charge in [-0.3, -0.25) is 4.57 Å². The van der Waals surface area contributed by atoms with Crippen LogP contribution in [0.15, 0.2) is 48.7 Å². The average Bonchev–Trinajstić information content (AvgIpc) is 3.05. The van der Waals surface area contributed by atoms with Crippen LogP contribution in [0.3, 0.4) is 0 Å². The first-order valence-corrected chi connectivity index (χ1v) is 8.31. The number of benzene rings is 1. The Kier molecular flexibility index (Phi) is 4.03. The van der Waals surface area contributed by atoms with Crippen LogP contribution < -0.4 is 5.73 Å². The number of nitrogen functional groups attached to an aromatic ring is 1. The van der Waals surface area contributed by atoms with E-state index in [0.717, 1.165) is 11.3 Å². The highest BCUT2D eigenvalue weighted by molar-refractivity contribution is 5.85. The van der Waals surface area contributed by atoms with E-state index in [2.05, 4.69) is 14.8 Å². The molecule has 0 atom stereocenters. The number of hydrogen-bond donors (Lipinski definition) is 2. The van der Waals surface area contributed by atoms with Gasteiger partial charge in [-0.15, -0.1) is 0 Å². The molecule has 3 N–H and O–H groups in total. The van der Waals surface area contributed by atoms with Gasteiger partial charge in [-0.25, -0.2) is 19.8 Å². The molecule has 0 radical (unpaired) electrons. The van der Waals surface area contributed by atoms with Gasteiger partial charge < -0.3 is 10.8 Å². The summed E-state index contributed by atoms with van der Waals surface area (Å²) in [5, 5.41) is 9.31. The van der Waals surface area contributed by atoms with Gasteiger partial charge in [0.2, 0.25) is 5.69 Å². The smallest absolute Gasteiger partial charge is 0.210 e. The molecule has 132 valence electrons. The maximum absolute atomic E-state index is 9.31. The summed E-state index contributed by atoms with van der Waals surface area (Å²) >= 11 is 0. The highest BCUT2D eigenvalue weighted by Gasteiger charge is 2.19. The number of aliphatic hydroxyl groups is 1. The first-order valence-electron chi connectivity index (χ1n) is 8.31. The van der Waals surface area contributed by atoms with Gasteiger partial charge in [-0.1, -0.05) is 12.1 Å². The maximum atomic E-state index is 9.31. The average molecular weight is 356 g/mol. The molecule has 0 aliphatic rings. The molecular formula is C20H16N6O. The Hall–Kier alpha value is -3.76. The number of anilines is 1. The molecule has 0 amide bonds. The van der Waals surface area contributed by atoms with E-state index in [1.165, 1.54) is 0 Å². The van der Waals surface area contributed by atoms with Crippen LogP contribution >= 0.6 is 0 Å². The predicted octanol–water partition coefficient (Wildman–Crippen LogP) is 3.42. The van der Waals surface area contributed by atoms with Crippen LogP contribution in [0.5, 0.6) is 0 Å². The fraction of sp³-hybridized carbons (Fsp3) is 0.100. The lowest BCUT2D eigenvalue weighted by molar-refractivity contribution is 0.282. The van der Waals surface area contributed by atoms with Gasteiger partial charge in [-0.2, -0.15) is 0 Å². The summed E-state index contributed by atoms with van der Waals surface area (Å²) in [5.41, 5.74) is 10.8. The van der Waals surface area contributed by atoms with Crippen LogP contribution in [0.2, 0.25) is 0 Å². The lowest BCUT2D eigenvalue weighted by Crippen LogP contribution is -2.02. The van der Waals surface area contributed by atoms with Crippen molar-refractivity contribution in [1.82, 2.24) is 19.5 Å². The van der Waals surface area contributed by atoms with Crippen molar-refractivity contribution < 1.29 is 5.11 Å². The molecule has 3 heterocycles. The van der Waals surface area contributed by atoms with E-state index in [1.807, 2.05) is 34.9 Å². The minimum atomic E-state index is -0.0287. The first-order chi connectivity index (χ1) is 13.1. The Morgan fingerprint density at radius 3 is 2.63 bits per heavy atom. The third kappa shape index (κ3) is 2.78. The Bertz CT molecular complexity index is 1190. The minimum Gasteiger partial charge on any atom is -0.392 e. The molecule has 0 bridgehead atoms. The summed E-state index contributed by atoms with van der Waals surface area (Å²) in [5.74, 6) is 0.963. The monoisotopic (exact) mass is 356 g/mol. The molecule has 7 nitrogen and oxygen atoms in total. The lowest BCUT2D eigenvalue weighted by atomic mass is 10.2. The Balaban J connectivity index is 2.06. The van der Waals surface area contributed by atoms with E-state index in [9.17, 15) is 5.11 Å². The number of nitrogens with zero attached hydrogens (tertiary/aromatic N) is 5. The molecule has 0 aliphatic carbocycles. The number of aliphatic hydroxyl groups excluding tert-OH is 1. The Morgan fingerprint density at radius 1 is 1.19 bits per heavy atom. The van der Waals surface area contributed by atoms with Crippen molar-refractivity contribution in [3.8, 4) is 17.1 Å². The molecule has 0 saturated carbocycles. The molecule has 1 aromatic carbocycles. The summed E-state index contributed by atoms with van der Waals surface area (Å²) in [6.45, 7) is 9.10. The minimum absolute atomic E-state index is 0.0287. The van der Waals surface area contributed by atoms with Gasteiger partial charge >= 0.3 is 0 Å². The quantitative estimate of drug-likeness (QED) is 0.549. The van der Waals surface area contributed by atoms with Crippen LogP contribution in [-0.4, -0.2) is 24.6 Å². The van der Waals surface area contributed by atoms with Crippen LogP contribution in [0.25, 0.3) is 33.1 Å². The summed E-state index contributed by atoms with van der Waals surface area (Å²) in [6.07, 6.45) is 1.63. The van der Waals surface area contributed by atoms with Gasteiger partial charge in [0.05, 0.1) is 24.3 Å². The molecule has 0 spiro atoms. The molecule has 7 heteroatoms. The van der Waals surface area contributed by atoms with Crippen LogP contribution in [0.1, 0.15) is 11.3 Å². The van der Waals surface area contributed by atoms with Crippen molar-refractivity contribution in [2.75, 3.05) is 5.73 Å². The Morgan fingerprint density at radius 2 is 1.96 bits per heavy atom. The molecule has 0 saturated heterocycles. The lowest BCUT2D eigenvalue weighted by Gasteiger charge is -2.11. The number of aromatic nitrogens is 4. The summed E-state index contributed by atoms with van der Waals surface area (Å²) < 4.78 is 1.89. The largest absolute Gasteiger partial charge is 0.392 e. The van der Waals surface area contributed by atoms with E-state index < -0.39 is 0 Å². The van der Waals surface area contributed by atoms with Crippen molar-refractivity contribution >= 4 is 22.7 Å². The van der Waals surface area contributed by atoms with Gasteiger partial charge in [0.1, 0.15) is 5.82 Å². The van der Waals surface area contributed by atoms with E-state index in [0.29, 0.717) is 39.8 Å². The van der Waals surface area contributed by atoms with Crippen LogP contribution in [-0.2, 0) is 6.61 Å². The number of imidazole rings is 1. The van der Waals surface area contributed by atoms with Gasteiger partial charge in [0, 0.05) is 17.6 Å². The fourth-order valence-electron chi connectivity index (χ4n) is 2.98. The van der Waals surface area contributed by atoms with Gasteiger partial charge in [0.15, 0.2) is 11.5 Å². The molecule has 27 heavy (non-hydrogen) atoms. The van der Waals surface area contributed by atoms with Crippen molar-refractivity contribution in [2.24, 2.45) is 0 Å². The fourth-order valence-corrected chi connectivity index (χ4v) is 2.98. The van der Waals surface area contributed by atoms with Crippen molar-refractivity contribution in [1.29, 1.82) is 0 Å². The van der Waals surface area contributed by atoms with E-state index in [4.69, 9.17) is 17.3 Å². The third-order valence-electron chi connectivity index (χ3n) is 4.37. The van der Waals surface area contributed by atoms with E-state index in [1.54, 1.807) is 25.3 Å². The molecule has 3 aromatic heterocycles. The molecule has 0 fully saturated rings. The number of nitrogens with two attached hydrogens (primary N) is 1. The standard InChI is InChI=1S/C20H16N6O/c1-12-16(22-2)10-17-20(24-12)26(14-7-5-13(11-27)6-8-14)19(25-17)15-4-3-9-23-18(15)21/h3-10,27H,11H2,1H3,(H2,21,23). The second kappa shape index (κ2) is 6.52. The highest BCUT2D eigenvalue weighted by Crippen LogP contribution is 2.32. The zero-order valence-electron chi connectivity index (χ0n) is 14.6. The zero-order valence-corrected chi connectivity index (χ0v) is 14.6. The summed E-state index contributed by atoms with van der Waals surface area (Å²) in [7, 11) is 0. The number of fused-ring (bicyclic) bond motifs is 1. The normalized spacial score (nSPS) is 10.9. The topological polar surface area (TPSA) is 94.2 Å². The first kappa shape index (κ1) is 16.7. The van der Waals surface area contributed by atoms with Gasteiger partial charge in [0.25, 0.3) is 0 Å². The maximum Gasteiger partial charge on any atom is 0.210 e. The van der Waals surface area contributed by atoms with Crippen LogP contribution in [0, 0.1) is 13.5 Å². The third-order valence-corrected chi connectivity index (χ3v) is 4.37. The number of rotatable bonds is 3. The molecule has 4 rings (SSSR count). The Labute approximate surface area is 155 Å². The molecule has 4 aromatic rings. The molecule has 0 unspecified atom stereocenters. The highest BCUT2D eigenvalue weighted by atomic mass is 16.3. The summed E-state index contributed by atoms with van der Waals surface area (Å²) in [4.78, 5) is 17.0. The number of hydrogen-bond acceptors (Lipinski definition) is 5. The second-order valence-electron chi connectivity index (χ2n) is 6.08. The van der Waals surface area contributed by atoms with Crippen molar-refractivity contribution in [2.45, 2.75) is 13.5 Å². The zero-order chi connectivity index (χ0) is 19.0. The predicted molar refractivity (Wildman–Crippen MR) is 103 cm³/mol. The molecule has 0 aliphatic heterocycles. The molecular weight excluding hydrogens is 340 g/mol.